The zero-order valence-corrected chi connectivity index (χ0v) is 14.2. The first-order valence-electron chi connectivity index (χ1n) is 7.59. The van der Waals surface area contributed by atoms with Crippen molar-refractivity contribution in [1.82, 2.24) is 9.47 Å². The second-order valence-electron chi connectivity index (χ2n) is 6.81. The molecular weight excluding hydrogens is 248 g/mol. The monoisotopic (exact) mass is 278 g/mol. The minimum absolute atomic E-state index is 0.0147. The lowest BCUT2D eigenvalue weighted by Crippen LogP contribution is -2.28. The van der Waals surface area contributed by atoms with Crippen LogP contribution in [-0.2, 0) is 5.54 Å². The Morgan fingerprint density at radius 1 is 1.30 bits per heavy atom. The number of aryl methyl sites for hydroxylation is 1. The molecule has 1 rings (SSSR count). The van der Waals surface area contributed by atoms with Gasteiger partial charge in [-0.05, 0) is 60.7 Å². The Balaban J connectivity index is 2.90. The van der Waals surface area contributed by atoms with Crippen molar-refractivity contribution in [2.24, 2.45) is 0 Å². The summed E-state index contributed by atoms with van der Waals surface area (Å²) in [6.07, 6.45) is 2.31. The lowest BCUT2D eigenvalue weighted by Gasteiger charge is -2.26. The molecule has 0 amide bonds. The van der Waals surface area contributed by atoms with Crippen molar-refractivity contribution >= 4 is 5.78 Å². The van der Waals surface area contributed by atoms with Gasteiger partial charge < -0.3 is 4.57 Å². The summed E-state index contributed by atoms with van der Waals surface area (Å²) in [7, 11) is 2.02. The van der Waals surface area contributed by atoms with Crippen LogP contribution in [0, 0.1) is 13.8 Å². The summed E-state index contributed by atoms with van der Waals surface area (Å²) in [6.45, 7) is 14.3. The molecule has 3 heteroatoms. The molecule has 0 bridgehead atoms. The average Bonchev–Trinajstić information content (AvgIpc) is 2.61. The molecule has 3 nitrogen and oxygen atoms in total. The van der Waals surface area contributed by atoms with Gasteiger partial charge in [0, 0.05) is 22.5 Å². The number of ketones is 1. The van der Waals surface area contributed by atoms with Crippen LogP contribution in [0.5, 0.6) is 0 Å². The molecule has 1 heterocycles. The molecule has 0 saturated carbocycles. The number of unbranched alkanes of at least 4 members (excludes halogenated alkanes) is 1. The number of nitrogens with zero attached hydrogens (tertiary/aromatic N) is 2. The Bertz CT molecular complexity index is 466. The molecule has 0 aliphatic carbocycles. The summed E-state index contributed by atoms with van der Waals surface area (Å²) in [5, 5.41) is 0. The first-order chi connectivity index (χ1) is 9.18. The van der Waals surface area contributed by atoms with E-state index in [1.54, 1.807) is 0 Å². The molecule has 0 aliphatic rings. The number of rotatable bonds is 6. The number of hydrogen-bond acceptors (Lipinski definition) is 2. The predicted octanol–water partition coefficient (Wildman–Crippen LogP) is 3.77. The fourth-order valence-corrected chi connectivity index (χ4v) is 2.91. The minimum Gasteiger partial charge on any atom is -0.343 e. The quantitative estimate of drug-likeness (QED) is 0.740. The fourth-order valence-electron chi connectivity index (χ4n) is 2.91. The van der Waals surface area contributed by atoms with E-state index in [1.165, 1.54) is 0 Å². The highest BCUT2D eigenvalue weighted by atomic mass is 16.1. The van der Waals surface area contributed by atoms with Crippen LogP contribution < -0.4 is 0 Å². The van der Waals surface area contributed by atoms with Gasteiger partial charge in [0.1, 0.15) is 0 Å². The lowest BCUT2D eigenvalue weighted by molar-refractivity contribution is 0.0944. The molecule has 0 radical (unpaired) electrons. The minimum atomic E-state index is 0.0147. The highest BCUT2D eigenvalue weighted by Gasteiger charge is 2.22. The van der Waals surface area contributed by atoms with Gasteiger partial charge in [-0.15, -0.1) is 0 Å². The van der Waals surface area contributed by atoms with Crippen molar-refractivity contribution in [3.63, 3.8) is 0 Å². The Morgan fingerprint density at radius 2 is 1.90 bits per heavy atom. The average molecular weight is 278 g/mol. The van der Waals surface area contributed by atoms with Crippen molar-refractivity contribution in [2.75, 3.05) is 20.1 Å². The number of carbonyl (C=O) groups is 1. The third kappa shape index (κ3) is 3.95. The van der Waals surface area contributed by atoms with E-state index in [0.29, 0.717) is 6.54 Å². The van der Waals surface area contributed by atoms with Crippen LogP contribution in [0.25, 0.3) is 0 Å². The van der Waals surface area contributed by atoms with Crippen LogP contribution in [0.1, 0.15) is 62.3 Å². The van der Waals surface area contributed by atoms with Gasteiger partial charge >= 0.3 is 0 Å². The Morgan fingerprint density at radius 3 is 2.35 bits per heavy atom. The summed E-state index contributed by atoms with van der Waals surface area (Å²) < 4.78 is 2.26. The molecule has 0 aromatic carbocycles. The number of aromatic nitrogens is 1. The van der Waals surface area contributed by atoms with E-state index in [4.69, 9.17) is 0 Å². The van der Waals surface area contributed by atoms with E-state index in [9.17, 15) is 4.79 Å². The second kappa shape index (κ2) is 6.57. The fraction of sp³-hybridized carbons (Fsp3) is 0.706. The topological polar surface area (TPSA) is 25.2 Å². The molecule has 0 fully saturated rings. The van der Waals surface area contributed by atoms with Gasteiger partial charge in [-0.2, -0.15) is 0 Å². The molecular formula is C17H30N2O. The molecule has 0 atom stereocenters. The predicted molar refractivity (Wildman–Crippen MR) is 85.6 cm³/mol. The van der Waals surface area contributed by atoms with Crippen LogP contribution in [0.3, 0.4) is 0 Å². The van der Waals surface area contributed by atoms with Gasteiger partial charge in [0.25, 0.3) is 0 Å². The molecule has 0 spiro atoms. The summed E-state index contributed by atoms with van der Waals surface area (Å²) in [5.74, 6) is 0.229. The Hall–Kier alpha value is -1.09. The van der Waals surface area contributed by atoms with Gasteiger partial charge in [-0.1, -0.05) is 13.3 Å². The van der Waals surface area contributed by atoms with Crippen LogP contribution in [0.4, 0.5) is 0 Å². The largest absolute Gasteiger partial charge is 0.343 e. The molecule has 20 heavy (non-hydrogen) atoms. The van der Waals surface area contributed by atoms with Crippen molar-refractivity contribution in [2.45, 2.75) is 59.9 Å². The van der Waals surface area contributed by atoms with E-state index in [1.807, 2.05) is 13.1 Å². The molecule has 0 N–H and O–H groups in total. The SMILES string of the molecule is CCCCN(C)CC(=O)c1cc(C)n(C(C)(C)C)c1C. The third-order valence-electron chi connectivity index (χ3n) is 3.71. The molecule has 114 valence electrons. The molecule has 1 aromatic rings. The number of carbonyl (C=O) groups excluding carboxylic acids is 1. The molecule has 1 aromatic heterocycles. The first-order valence-corrected chi connectivity index (χ1v) is 7.59. The smallest absolute Gasteiger partial charge is 0.178 e. The van der Waals surface area contributed by atoms with Gasteiger partial charge in [0.2, 0.25) is 0 Å². The van der Waals surface area contributed by atoms with Crippen molar-refractivity contribution < 1.29 is 4.79 Å². The standard InChI is InChI=1S/C17H30N2O/c1-8-9-10-18(7)12-16(20)15-11-13(2)19(14(15)3)17(4,5)6/h11H,8-10,12H2,1-7H3. The second-order valence-corrected chi connectivity index (χ2v) is 6.81. The molecule has 0 saturated heterocycles. The van der Waals surface area contributed by atoms with Crippen molar-refractivity contribution in [3.8, 4) is 0 Å². The normalized spacial score (nSPS) is 12.2. The van der Waals surface area contributed by atoms with Crippen molar-refractivity contribution in [3.05, 3.63) is 23.0 Å². The van der Waals surface area contributed by atoms with Crippen LogP contribution in [0.2, 0.25) is 0 Å². The van der Waals surface area contributed by atoms with Crippen LogP contribution >= 0.6 is 0 Å². The number of likely N-dealkylation sites (N-methyl/N-ethyl adjacent to an activating group) is 1. The summed E-state index contributed by atoms with van der Waals surface area (Å²) in [4.78, 5) is 14.6. The highest BCUT2D eigenvalue weighted by Crippen LogP contribution is 2.24. The number of hydrogen-bond donors (Lipinski definition) is 0. The van der Waals surface area contributed by atoms with E-state index >= 15 is 0 Å². The van der Waals surface area contributed by atoms with E-state index in [-0.39, 0.29) is 11.3 Å². The summed E-state index contributed by atoms with van der Waals surface area (Å²) in [5.41, 5.74) is 3.14. The first kappa shape index (κ1) is 17.0. The van der Waals surface area contributed by atoms with E-state index in [0.717, 1.165) is 36.3 Å². The van der Waals surface area contributed by atoms with Crippen molar-refractivity contribution in [1.29, 1.82) is 0 Å². The van der Waals surface area contributed by atoms with Gasteiger partial charge in [-0.3, -0.25) is 9.69 Å². The molecule has 0 unspecified atom stereocenters. The van der Waals surface area contributed by atoms with E-state index < -0.39 is 0 Å². The maximum Gasteiger partial charge on any atom is 0.178 e. The highest BCUT2D eigenvalue weighted by molar-refractivity contribution is 5.99. The Labute approximate surface area is 124 Å². The van der Waals surface area contributed by atoms with Crippen LogP contribution in [0.15, 0.2) is 6.07 Å². The third-order valence-corrected chi connectivity index (χ3v) is 3.71. The van der Waals surface area contributed by atoms with Crippen LogP contribution in [-0.4, -0.2) is 35.4 Å². The van der Waals surface area contributed by atoms with Gasteiger partial charge in [-0.25, -0.2) is 0 Å². The maximum absolute atomic E-state index is 12.5. The van der Waals surface area contributed by atoms with E-state index in [2.05, 4.69) is 51.0 Å². The molecule has 0 aliphatic heterocycles. The zero-order valence-electron chi connectivity index (χ0n) is 14.2. The van der Waals surface area contributed by atoms with Gasteiger partial charge in [0.15, 0.2) is 5.78 Å². The Kier molecular flexibility index (Phi) is 5.58. The maximum atomic E-state index is 12.5. The zero-order chi connectivity index (χ0) is 15.5. The summed E-state index contributed by atoms with van der Waals surface area (Å²) in [6, 6.07) is 2.04. The number of Topliss-reactive ketones (excluding diaryl/α,β-unsaturated/α-hetero) is 1. The summed E-state index contributed by atoms with van der Waals surface area (Å²) >= 11 is 0. The lowest BCUT2D eigenvalue weighted by atomic mass is 10.1. The van der Waals surface area contributed by atoms with Gasteiger partial charge in [0.05, 0.1) is 6.54 Å².